The van der Waals surface area contributed by atoms with Crippen molar-refractivity contribution in [2.45, 2.75) is 63.7 Å². The number of rotatable bonds is 8. The summed E-state index contributed by atoms with van der Waals surface area (Å²) in [6, 6.07) is 9.33. The summed E-state index contributed by atoms with van der Waals surface area (Å²) in [5.41, 5.74) is 8.11. The lowest BCUT2D eigenvalue weighted by atomic mass is 9.87. The lowest BCUT2D eigenvalue weighted by molar-refractivity contribution is 0.362. The Kier molecular flexibility index (Phi) is 4.26. The first-order valence-electron chi connectivity index (χ1n) is 10.7. The van der Waals surface area contributed by atoms with Crippen molar-refractivity contribution >= 4 is 5.69 Å². The molecule has 28 heavy (non-hydrogen) atoms. The zero-order chi connectivity index (χ0) is 19.3. The Morgan fingerprint density at radius 3 is 2.57 bits per heavy atom. The minimum absolute atomic E-state index is 0.0811. The second-order valence-electron chi connectivity index (χ2n) is 9.43. The fraction of sp³-hybridized carbons (Fsp3) is 0.542. The molecule has 1 heterocycles. The van der Waals surface area contributed by atoms with E-state index >= 15 is 0 Å². The first kappa shape index (κ1) is 17.8. The normalized spacial score (nSPS) is 21.4. The van der Waals surface area contributed by atoms with Crippen LogP contribution in [0.25, 0.3) is 0 Å². The highest BCUT2D eigenvalue weighted by atomic mass is 16.4. The molecule has 1 aromatic carbocycles. The molecular weight excluding hydrogens is 350 g/mol. The molecule has 3 N–H and O–H groups in total. The van der Waals surface area contributed by atoms with E-state index in [4.69, 9.17) is 10.2 Å². The first-order chi connectivity index (χ1) is 13.5. The molecule has 4 heteroatoms. The molecule has 1 atom stereocenters. The number of hydrogen-bond donors (Lipinski definition) is 2. The molecule has 4 nitrogen and oxygen atoms in total. The average molecular weight is 380 g/mol. The van der Waals surface area contributed by atoms with Crippen molar-refractivity contribution in [3.8, 4) is 5.75 Å². The summed E-state index contributed by atoms with van der Waals surface area (Å²) in [6.07, 6.45) is 10.6. The number of benzene rings is 1. The van der Waals surface area contributed by atoms with Crippen LogP contribution in [-0.4, -0.2) is 5.11 Å². The van der Waals surface area contributed by atoms with Gasteiger partial charge in [0.15, 0.2) is 0 Å². The lowest BCUT2D eigenvalue weighted by Gasteiger charge is -2.19. The van der Waals surface area contributed by atoms with Crippen molar-refractivity contribution < 1.29 is 9.52 Å². The molecule has 3 aliphatic rings. The second-order valence-corrected chi connectivity index (χ2v) is 9.43. The van der Waals surface area contributed by atoms with Crippen LogP contribution in [0.4, 0.5) is 5.69 Å². The van der Waals surface area contributed by atoms with Crippen LogP contribution >= 0.6 is 0 Å². The van der Waals surface area contributed by atoms with E-state index in [1.807, 2.05) is 24.3 Å². The molecule has 3 fully saturated rings. The highest BCUT2D eigenvalue weighted by molar-refractivity contribution is 5.47. The molecule has 2 aromatic rings. The number of anilines is 1. The van der Waals surface area contributed by atoms with Gasteiger partial charge in [0.2, 0.25) is 0 Å². The molecular formula is C24H29NO3. The maximum Gasteiger partial charge on any atom is 0.343 e. The van der Waals surface area contributed by atoms with Gasteiger partial charge in [0.25, 0.3) is 0 Å². The van der Waals surface area contributed by atoms with Gasteiger partial charge in [0.1, 0.15) is 11.5 Å². The number of aromatic hydroxyl groups is 1. The number of hydrogen-bond acceptors (Lipinski definition) is 4. The van der Waals surface area contributed by atoms with E-state index in [2.05, 4.69) is 0 Å². The predicted molar refractivity (Wildman–Crippen MR) is 109 cm³/mol. The smallest absolute Gasteiger partial charge is 0.343 e. The van der Waals surface area contributed by atoms with E-state index in [-0.39, 0.29) is 17.3 Å². The Morgan fingerprint density at radius 2 is 1.96 bits per heavy atom. The van der Waals surface area contributed by atoms with Crippen LogP contribution in [0.1, 0.15) is 74.2 Å². The zero-order valence-electron chi connectivity index (χ0n) is 16.3. The van der Waals surface area contributed by atoms with Crippen LogP contribution in [0.15, 0.2) is 39.5 Å². The van der Waals surface area contributed by atoms with Gasteiger partial charge in [-0.25, -0.2) is 4.79 Å². The molecule has 3 saturated carbocycles. The van der Waals surface area contributed by atoms with Crippen LogP contribution in [0.2, 0.25) is 0 Å². The van der Waals surface area contributed by atoms with Crippen molar-refractivity contribution in [3.63, 3.8) is 0 Å². The summed E-state index contributed by atoms with van der Waals surface area (Å²) in [7, 11) is 0. The molecule has 0 bridgehead atoms. The van der Waals surface area contributed by atoms with Crippen LogP contribution in [-0.2, 0) is 6.42 Å². The SMILES string of the molecule is Nc1cccc(C(c2c(O)cc(CCC3(CC4CC4)CC3)oc2=O)C2CC2)c1. The molecule has 5 rings (SSSR count). The minimum Gasteiger partial charge on any atom is -0.507 e. The number of aryl methyl sites for hydroxylation is 1. The minimum atomic E-state index is -0.388. The van der Waals surface area contributed by atoms with Crippen molar-refractivity contribution in [1.82, 2.24) is 0 Å². The fourth-order valence-corrected chi connectivity index (χ4v) is 4.86. The van der Waals surface area contributed by atoms with Crippen molar-refractivity contribution in [3.05, 3.63) is 57.6 Å². The third-order valence-electron chi connectivity index (χ3n) is 6.97. The zero-order valence-corrected chi connectivity index (χ0v) is 16.3. The number of nitrogens with two attached hydrogens (primary N) is 1. The fourth-order valence-electron chi connectivity index (χ4n) is 4.86. The van der Waals surface area contributed by atoms with Gasteiger partial charge in [0, 0.05) is 24.1 Å². The molecule has 0 saturated heterocycles. The summed E-state index contributed by atoms with van der Waals surface area (Å²) in [6.45, 7) is 0. The molecule has 3 aliphatic carbocycles. The van der Waals surface area contributed by atoms with E-state index in [1.54, 1.807) is 6.07 Å². The highest BCUT2D eigenvalue weighted by Crippen LogP contribution is 2.57. The van der Waals surface area contributed by atoms with Gasteiger partial charge in [-0.05, 0) is 73.5 Å². The van der Waals surface area contributed by atoms with E-state index in [9.17, 15) is 9.90 Å². The van der Waals surface area contributed by atoms with E-state index in [1.165, 1.54) is 32.1 Å². The van der Waals surface area contributed by atoms with Crippen molar-refractivity contribution in [2.75, 3.05) is 5.73 Å². The van der Waals surface area contributed by atoms with Gasteiger partial charge >= 0.3 is 5.63 Å². The summed E-state index contributed by atoms with van der Waals surface area (Å²) in [4.78, 5) is 12.9. The van der Waals surface area contributed by atoms with Crippen molar-refractivity contribution in [1.29, 1.82) is 0 Å². The van der Waals surface area contributed by atoms with Gasteiger partial charge in [-0.1, -0.05) is 25.0 Å². The van der Waals surface area contributed by atoms with Crippen LogP contribution in [0.5, 0.6) is 5.75 Å². The Bertz CT molecular complexity index is 935. The topological polar surface area (TPSA) is 76.5 Å². The quantitative estimate of drug-likeness (QED) is 0.634. The molecule has 0 amide bonds. The highest BCUT2D eigenvalue weighted by Gasteiger charge is 2.45. The van der Waals surface area contributed by atoms with Crippen LogP contribution < -0.4 is 11.4 Å². The Balaban J connectivity index is 1.38. The summed E-state index contributed by atoms with van der Waals surface area (Å²) >= 11 is 0. The predicted octanol–water partition coefficient (Wildman–Crippen LogP) is 4.98. The van der Waals surface area contributed by atoms with E-state index < -0.39 is 0 Å². The van der Waals surface area contributed by atoms with Gasteiger partial charge in [-0.2, -0.15) is 0 Å². The maximum absolute atomic E-state index is 12.9. The van der Waals surface area contributed by atoms with Gasteiger partial charge in [-0.15, -0.1) is 0 Å². The van der Waals surface area contributed by atoms with Crippen molar-refractivity contribution in [2.24, 2.45) is 17.3 Å². The first-order valence-corrected chi connectivity index (χ1v) is 10.7. The van der Waals surface area contributed by atoms with Gasteiger partial charge in [0.05, 0.1) is 5.56 Å². The summed E-state index contributed by atoms with van der Waals surface area (Å²) < 4.78 is 5.70. The molecule has 0 spiro atoms. The molecule has 0 radical (unpaired) electrons. The molecule has 148 valence electrons. The van der Waals surface area contributed by atoms with Gasteiger partial charge in [-0.3, -0.25) is 0 Å². The van der Waals surface area contributed by atoms with Crippen LogP contribution in [0.3, 0.4) is 0 Å². The Hall–Kier alpha value is -2.23. The summed E-state index contributed by atoms with van der Waals surface area (Å²) in [5, 5.41) is 10.8. The lowest BCUT2D eigenvalue weighted by Crippen LogP contribution is -2.17. The third-order valence-corrected chi connectivity index (χ3v) is 6.97. The molecule has 1 aromatic heterocycles. The second kappa shape index (κ2) is 6.68. The van der Waals surface area contributed by atoms with E-state index in [0.29, 0.717) is 28.3 Å². The average Bonchev–Trinajstić information content (AvgIpc) is 3.50. The standard InChI is InChI=1S/C24H29NO3/c25-18-3-1-2-17(12-18)21(16-6-7-16)22-20(26)13-19(28-23(22)27)8-9-24(10-11-24)14-15-4-5-15/h1-3,12-13,15-16,21,26H,4-11,14,25H2. The third kappa shape index (κ3) is 3.69. The maximum atomic E-state index is 12.9. The molecule has 1 unspecified atom stereocenters. The summed E-state index contributed by atoms with van der Waals surface area (Å²) in [5.74, 6) is 1.86. The number of nitrogen functional groups attached to an aromatic ring is 1. The Labute approximate surface area is 165 Å². The van der Waals surface area contributed by atoms with Gasteiger partial charge < -0.3 is 15.3 Å². The van der Waals surface area contributed by atoms with Crippen LogP contribution in [0, 0.1) is 17.3 Å². The largest absolute Gasteiger partial charge is 0.507 e. The van der Waals surface area contributed by atoms with E-state index in [0.717, 1.165) is 37.2 Å². The monoisotopic (exact) mass is 379 g/mol. The molecule has 0 aliphatic heterocycles. The Morgan fingerprint density at radius 1 is 1.18 bits per heavy atom.